The number of carbonyl (C=O) groups is 1. The van der Waals surface area contributed by atoms with Crippen molar-refractivity contribution in [3.8, 4) is 5.75 Å². The highest BCUT2D eigenvalue weighted by molar-refractivity contribution is 14.1. The third kappa shape index (κ3) is 2.17. The van der Waals surface area contributed by atoms with Gasteiger partial charge < -0.3 is 10.5 Å². The zero-order valence-electron chi connectivity index (χ0n) is 8.13. The van der Waals surface area contributed by atoms with Gasteiger partial charge in [0.2, 0.25) is 0 Å². The number of halogens is 1. The van der Waals surface area contributed by atoms with Gasteiger partial charge in [-0.25, -0.2) is 0 Å². The molecular weight excluding hydrogens is 293 g/mol. The molecule has 0 amide bonds. The summed E-state index contributed by atoms with van der Waals surface area (Å²) < 4.78 is 6.30. The Morgan fingerprint density at radius 3 is 2.71 bits per heavy atom. The van der Waals surface area contributed by atoms with Crippen LogP contribution in [-0.4, -0.2) is 12.4 Å². The lowest BCUT2D eigenvalue weighted by Gasteiger charge is -2.11. The summed E-state index contributed by atoms with van der Waals surface area (Å²) in [6, 6.07) is 3.56. The Hall–Kier alpha value is -0.780. The maximum atomic E-state index is 11.2. The largest absolute Gasteiger partial charge is 0.491 e. The van der Waals surface area contributed by atoms with E-state index in [-0.39, 0.29) is 5.78 Å². The number of anilines is 1. The monoisotopic (exact) mass is 305 g/mol. The van der Waals surface area contributed by atoms with Crippen molar-refractivity contribution in [1.29, 1.82) is 0 Å². The van der Waals surface area contributed by atoms with Gasteiger partial charge in [0.05, 0.1) is 15.9 Å². The molecule has 4 heteroatoms. The molecule has 0 bridgehead atoms. The lowest BCUT2D eigenvalue weighted by molar-refractivity contribution is 0.101. The van der Waals surface area contributed by atoms with Gasteiger partial charge in [0, 0.05) is 5.56 Å². The smallest absolute Gasteiger partial charge is 0.162 e. The van der Waals surface area contributed by atoms with Crippen molar-refractivity contribution >= 4 is 34.1 Å². The quantitative estimate of drug-likeness (QED) is 0.530. The highest BCUT2D eigenvalue weighted by atomic mass is 127. The van der Waals surface area contributed by atoms with Crippen molar-refractivity contribution in [2.75, 3.05) is 12.3 Å². The summed E-state index contributed by atoms with van der Waals surface area (Å²) in [4.78, 5) is 11.2. The van der Waals surface area contributed by atoms with Crippen molar-refractivity contribution in [3.63, 3.8) is 0 Å². The summed E-state index contributed by atoms with van der Waals surface area (Å²) in [7, 11) is 0. The van der Waals surface area contributed by atoms with Crippen LogP contribution in [0.25, 0.3) is 0 Å². The number of hydrogen-bond acceptors (Lipinski definition) is 3. The number of benzene rings is 1. The Morgan fingerprint density at radius 2 is 2.21 bits per heavy atom. The summed E-state index contributed by atoms with van der Waals surface area (Å²) in [5.74, 6) is 0.570. The molecule has 2 N–H and O–H groups in total. The first-order chi connectivity index (χ1) is 6.57. The predicted octanol–water partition coefficient (Wildman–Crippen LogP) is 2.47. The summed E-state index contributed by atoms with van der Waals surface area (Å²) in [6.07, 6.45) is 0. The third-order valence-corrected chi connectivity index (χ3v) is 2.67. The number of nitrogen functional groups attached to an aromatic ring is 1. The summed E-state index contributed by atoms with van der Waals surface area (Å²) in [5.41, 5.74) is 6.78. The van der Waals surface area contributed by atoms with Gasteiger partial charge in [-0.3, -0.25) is 4.79 Å². The minimum absolute atomic E-state index is 0.0418. The van der Waals surface area contributed by atoms with E-state index in [1.165, 1.54) is 6.92 Å². The average molecular weight is 305 g/mol. The van der Waals surface area contributed by atoms with Gasteiger partial charge in [0.25, 0.3) is 0 Å². The fraction of sp³-hybridized carbons (Fsp3) is 0.300. The molecule has 0 aliphatic heterocycles. The maximum absolute atomic E-state index is 11.2. The Morgan fingerprint density at radius 1 is 1.57 bits per heavy atom. The molecule has 0 saturated heterocycles. The van der Waals surface area contributed by atoms with Crippen LogP contribution in [0, 0.1) is 3.57 Å². The van der Waals surface area contributed by atoms with E-state index in [9.17, 15) is 4.79 Å². The molecule has 0 fully saturated rings. The fourth-order valence-corrected chi connectivity index (χ4v) is 1.80. The molecular formula is C10H12INO2. The summed E-state index contributed by atoms with van der Waals surface area (Å²) in [6.45, 7) is 3.92. The molecule has 0 unspecified atom stereocenters. The van der Waals surface area contributed by atoms with Gasteiger partial charge in [-0.1, -0.05) is 0 Å². The van der Waals surface area contributed by atoms with Crippen LogP contribution < -0.4 is 10.5 Å². The second-order valence-electron chi connectivity index (χ2n) is 2.83. The van der Waals surface area contributed by atoms with Crippen molar-refractivity contribution in [2.45, 2.75) is 13.8 Å². The molecule has 0 saturated carbocycles. The van der Waals surface area contributed by atoms with Crippen molar-refractivity contribution in [3.05, 3.63) is 21.3 Å². The summed E-state index contributed by atoms with van der Waals surface area (Å²) in [5, 5.41) is 0. The van der Waals surface area contributed by atoms with E-state index >= 15 is 0 Å². The molecule has 0 radical (unpaired) electrons. The number of rotatable bonds is 3. The highest BCUT2D eigenvalue weighted by Crippen LogP contribution is 2.31. The van der Waals surface area contributed by atoms with E-state index in [0.717, 1.165) is 3.57 Å². The second kappa shape index (κ2) is 4.63. The Bertz CT molecular complexity index is 363. The lowest BCUT2D eigenvalue weighted by atomic mass is 10.1. The van der Waals surface area contributed by atoms with E-state index in [4.69, 9.17) is 10.5 Å². The van der Waals surface area contributed by atoms with E-state index < -0.39 is 0 Å². The van der Waals surface area contributed by atoms with Crippen LogP contribution in [0.5, 0.6) is 5.75 Å². The number of Topliss-reactive ketones (excluding diaryl/α,β-unsaturated/α-hetero) is 1. The molecule has 14 heavy (non-hydrogen) atoms. The van der Waals surface area contributed by atoms with Crippen LogP contribution >= 0.6 is 22.6 Å². The van der Waals surface area contributed by atoms with Gasteiger partial charge >= 0.3 is 0 Å². The van der Waals surface area contributed by atoms with Crippen LogP contribution in [0.4, 0.5) is 5.69 Å². The molecule has 0 atom stereocenters. The highest BCUT2D eigenvalue weighted by Gasteiger charge is 2.12. The van der Waals surface area contributed by atoms with Gasteiger partial charge in [0.1, 0.15) is 0 Å². The van der Waals surface area contributed by atoms with E-state index in [2.05, 4.69) is 22.6 Å². The van der Waals surface area contributed by atoms with Gasteiger partial charge in [0.15, 0.2) is 11.5 Å². The Labute approximate surface area is 96.8 Å². The van der Waals surface area contributed by atoms with Crippen LogP contribution in [0.1, 0.15) is 24.2 Å². The van der Waals surface area contributed by atoms with Crippen molar-refractivity contribution < 1.29 is 9.53 Å². The zero-order chi connectivity index (χ0) is 10.7. The number of ketones is 1. The van der Waals surface area contributed by atoms with Crippen LogP contribution in [-0.2, 0) is 0 Å². The molecule has 1 rings (SSSR count). The molecule has 0 heterocycles. The Balaban J connectivity index is 3.26. The first-order valence-corrected chi connectivity index (χ1v) is 5.37. The minimum Gasteiger partial charge on any atom is -0.491 e. The third-order valence-electron chi connectivity index (χ3n) is 1.82. The number of carbonyl (C=O) groups excluding carboxylic acids is 1. The van der Waals surface area contributed by atoms with Crippen molar-refractivity contribution in [2.24, 2.45) is 0 Å². The Kier molecular flexibility index (Phi) is 3.74. The fourth-order valence-electron chi connectivity index (χ4n) is 1.17. The van der Waals surface area contributed by atoms with E-state index in [0.29, 0.717) is 23.6 Å². The van der Waals surface area contributed by atoms with E-state index in [1.807, 2.05) is 13.0 Å². The SMILES string of the molecule is CCOc1c(I)ccc(C(C)=O)c1N. The molecule has 0 aromatic heterocycles. The van der Waals surface area contributed by atoms with Crippen LogP contribution in [0.2, 0.25) is 0 Å². The normalized spacial score (nSPS) is 9.93. The molecule has 3 nitrogen and oxygen atoms in total. The number of nitrogens with two attached hydrogens (primary N) is 1. The second-order valence-corrected chi connectivity index (χ2v) is 3.99. The average Bonchev–Trinajstić information content (AvgIpc) is 2.11. The van der Waals surface area contributed by atoms with Gasteiger partial charge in [-0.05, 0) is 48.6 Å². The topological polar surface area (TPSA) is 52.3 Å². The van der Waals surface area contributed by atoms with Crippen LogP contribution in [0.15, 0.2) is 12.1 Å². The molecule has 1 aromatic rings. The summed E-state index contributed by atoms with van der Waals surface area (Å²) >= 11 is 2.13. The van der Waals surface area contributed by atoms with Gasteiger partial charge in [-0.2, -0.15) is 0 Å². The molecule has 76 valence electrons. The molecule has 1 aromatic carbocycles. The molecule has 0 aliphatic rings. The maximum Gasteiger partial charge on any atom is 0.162 e. The molecule has 0 spiro atoms. The minimum atomic E-state index is -0.0418. The zero-order valence-corrected chi connectivity index (χ0v) is 10.3. The number of ether oxygens (including phenoxy) is 1. The first kappa shape index (κ1) is 11.3. The van der Waals surface area contributed by atoms with E-state index in [1.54, 1.807) is 6.07 Å². The predicted molar refractivity (Wildman–Crippen MR) is 64.7 cm³/mol. The number of hydrogen-bond donors (Lipinski definition) is 1. The first-order valence-electron chi connectivity index (χ1n) is 4.29. The van der Waals surface area contributed by atoms with Gasteiger partial charge in [-0.15, -0.1) is 0 Å². The lowest BCUT2D eigenvalue weighted by Crippen LogP contribution is -2.05. The molecule has 0 aliphatic carbocycles. The standard InChI is InChI=1S/C10H12INO2/c1-3-14-10-8(11)5-4-7(6(2)13)9(10)12/h4-5H,3,12H2,1-2H3. The van der Waals surface area contributed by atoms with Crippen molar-refractivity contribution in [1.82, 2.24) is 0 Å². The van der Waals surface area contributed by atoms with Crippen LogP contribution in [0.3, 0.4) is 0 Å².